The summed E-state index contributed by atoms with van der Waals surface area (Å²) >= 11 is 0. The van der Waals surface area contributed by atoms with Gasteiger partial charge in [0.15, 0.2) is 0 Å². The van der Waals surface area contributed by atoms with E-state index >= 15 is 0 Å². The number of allylic oxidation sites excluding steroid dienone is 1. The number of hydrogen-bond donors (Lipinski definition) is 1. The highest BCUT2D eigenvalue weighted by molar-refractivity contribution is 6.01. The first-order chi connectivity index (χ1) is 19.6. The fraction of sp³-hybridized carbons (Fsp3) is 0.303. The molecule has 0 amide bonds. The average molecular weight is 566 g/mol. The maximum Gasteiger partial charge on any atom is 0.573 e. The highest BCUT2D eigenvalue weighted by atomic mass is 19.4. The molecule has 0 spiro atoms. The third kappa shape index (κ3) is 6.54. The van der Waals surface area contributed by atoms with E-state index in [0.717, 1.165) is 53.0 Å². The lowest BCUT2D eigenvalue weighted by atomic mass is 9.85. The molecule has 0 atom stereocenters. The number of aryl methyl sites for hydroxylation is 1. The summed E-state index contributed by atoms with van der Waals surface area (Å²) in [7, 11) is 0. The van der Waals surface area contributed by atoms with E-state index in [9.17, 15) is 27.5 Å². The Morgan fingerprint density at radius 1 is 1.02 bits per heavy atom. The molecule has 1 fully saturated rings. The Hall–Kier alpha value is -3.91. The van der Waals surface area contributed by atoms with Crippen molar-refractivity contribution >= 4 is 23.2 Å². The average Bonchev–Trinajstić information content (AvgIpc) is 3.10. The summed E-state index contributed by atoms with van der Waals surface area (Å²) < 4.78 is 56.2. The van der Waals surface area contributed by atoms with Crippen molar-refractivity contribution in [1.29, 1.82) is 0 Å². The van der Waals surface area contributed by atoms with Crippen LogP contribution in [0.4, 0.5) is 17.6 Å². The standard InChI is InChI=1S/C33H31F4NO3/c1-21-27(6-3-8-30(21)41-33(35,36)37)29-7-2-5-25-18-26(32(39)40)13-14-28(25)31(29)24-11-9-22(10-12-24)17-23-19-38(20-23)16-4-15-34/h3,6,8-14,17-18H,2,4-5,7,15-16,19-20H2,1H3,(H,39,40). The van der Waals surface area contributed by atoms with Crippen LogP contribution in [0.3, 0.4) is 0 Å². The number of hydrogen-bond acceptors (Lipinski definition) is 3. The summed E-state index contributed by atoms with van der Waals surface area (Å²) in [6, 6.07) is 17.8. The van der Waals surface area contributed by atoms with E-state index in [1.165, 1.54) is 11.6 Å². The molecule has 1 saturated heterocycles. The molecule has 0 unspecified atom stereocenters. The van der Waals surface area contributed by atoms with Crippen LogP contribution < -0.4 is 4.74 Å². The molecule has 0 saturated carbocycles. The molecule has 1 heterocycles. The second-order valence-corrected chi connectivity index (χ2v) is 10.5. The molecule has 2 aliphatic rings. The second kappa shape index (κ2) is 11.9. The predicted molar refractivity (Wildman–Crippen MR) is 152 cm³/mol. The maximum absolute atomic E-state index is 13.1. The Morgan fingerprint density at radius 3 is 2.46 bits per heavy atom. The fourth-order valence-corrected chi connectivity index (χ4v) is 5.74. The number of carboxylic acid groups (broad SMARTS) is 1. The quantitative estimate of drug-likeness (QED) is 0.282. The largest absolute Gasteiger partial charge is 0.573 e. The van der Waals surface area contributed by atoms with Gasteiger partial charge in [0.2, 0.25) is 0 Å². The van der Waals surface area contributed by atoms with Gasteiger partial charge in [0, 0.05) is 19.6 Å². The Kier molecular flexibility index (Phi) is 8.31. The zero-order valence-electron chi connectivity index (χ0n) is 22.7. The zero-order chi connectivity index (χ0) is 29.1. The van der Waals surface area contributed by atoms with Gasteiger partial charge in [-0.15, -0.1) is 13.2 Å². The molecule has 3 aromatic rings. The molecular weight excluding hydrogens is 534 g/mol. The number of fused-ring (bicyclic) bond motifs is 1. The van der Waals surface area contributed by atoms with Crippen molar-refractivity contribution in [2.75, 3.05) is 26.3 Å². The van der Waals surface area contributed by atoms with Crippen molar-refractivity contribution in [3.8, 4) is 5.75 Å². The van der Waals surface area contributed by atoms with E-state index in [1.807, 2.05) is 30.3 Å². The van der Waals surface area contributed by atoms with Gasteiger partial charge < -0.3 is 9.84 Å². The SMILES string of the molecule is Cc1c(OC(F)(F)F)cccc1C1=C(c2ccc(C=C3CN(CCCF)C3)cc2)c2ccc(C(=O)O)cc2CCC1. The molecule has 1 aliphatic carbocycles. The van der Waals surface area contributed by atoms with E-state index in [1.54, 1.807) is 31.2 Å². The number of ether oxygens (including phenoxy) is 1. The third-order valence-electron chi connectivity index (χ3n) is 7.66. The van der Waals surface area contributed by atoms with Crippen LogP contribution in [0, 0.1) is 6.92 Å². The highest BCUT2D eigenvalue weighted by Crippen LogP contribution is 2.43. The minimum absolute atomic E-state index is 0.200. The molecule has 1 N–H and O–H groups in total. The number of halogens is 4. The van der Waals surface area contributed by atoms with Crippen molar-refractivity contribution in [1.82, 2.24) is 4.90 Å². The van der Waals surface area contributed by atoms with Crippen LogP contribution in [0.1, 0.15) is 63.0 Å². The Balaban J connectivity index is 1.58. The molecule has 3 aromatic carbocycles. The molecule has 0 radical (unpaired) electrons. The maximum atomic E-state index is 13.1. The van der Waals surface area contributed by atoms with Gasteiger partial charge in [0.05, 0.1) is 12.2 Å². The van der Waals surface area contributed by atoms with Crippen LogP contribution in [-0.4, -0.2) is 48.6 Å². The van der Waals surface area contributed by atoms with E-state index in [4.69, 9.17) is 0 Å². The molecule has 5 rings (SSSR count). The van der Waals surface area contributed by atoms with Crippen LogP contribution >= 0.6 is 0 Å². The monoisotopic (exact) mass is 565 g/mol. The minimum atomic E-state index is -4.81. The molecule has 214 valence electrons. The second-order valence-electron chi connectivity index (χ2n) is 10.5. The van der Waals surface area contributed by atoms with Gasteiger partial charge in [0.1, 0.15) is 5.75 Å². The zero-order valence-corrected chi connectivity index (χ0v) is 22.7. The van der Waals surface area contributed by atoms with Gasteiger partial charge >= 0.3 is 12.3 Å². The van der Waals surface area contributed by atoms with Crippen LogP contribution in [0.15, 0.2) is 66.2 Å². The summed E-state index contributed by atoms with van der Waals surface area (Å²) in [4.78, 5) is 13.9. The third-order valence-corrected chi connectivity index (χ3v) is 7.66. The van der Waals surface area contributed by atoms with E-state index in [2.05, 4.69) is 15.7 Å². The van der Waals surface area contributed by atoms with E-state index in [-0.39, 0.29) is 18.0 Å². The van der Waals surface area contributed by atoms with Crippen molar-refractivity contribution in [3.63, 3.8) is 0 Å². The minimum Gasteiger partial charge on any atom is -0.478 e. The summed E-state index contributed by atoms with van der Waals surface area (Å²) in [6.07, 6.45) is -0.179. The first kappa shape index (κ1) is 28.6. The molecule has 41 heavy (non-hydrogen) atoms. The van der Waals surface area contributed by atoms with Crippen molar-refractivity contribution < 1.29 is 32.2 Å². The van der Waals surface area contributed by atoms with Crippen molar-refractivity contribution in [2.24, 2.45) is 0 Å². The Labute approximate surface area is 236 Å². The summed E-state index contributed by atoms with van der Waals surface area (Å²) in [5, 5.41) is 9.57. The summed E-state index contributed by atoms with van der Waals surface area (Å²) in [5.41, 5.74) is 8.00. The Morgan fingerprint density at radius 2 is 1.78 bits per heavy atom. The van der Waals surface area contributed by atoms with Crippen LogP contribution in [0.5, 0.6) is 5.75 Å². The lowest BCUT2D eigenvalue weighted by Crippen LogP contribution is -2.40. The number of alkyl halides is 4. The number of benzene rings is 3. The van der Waals surface area contributed by atoms with Crippen LogP contribution in [0.2, 0.25) is 0 Å². The molecule has 8 heteroatoms. The van der Waals surface area contributed by atoms with Gasteiger partial charge in [-0.25, -0.2) is 4.79 Å². The lowest BCUT2D eigenvalue weighted by molar-refractivity contribution is -0.274. The van der Waals surface area contributed by atoms with Gasteiger partial charge in [-0.1, -0.05) is 48.5 Å². The number of likely N-dealkylation sites (tertiary alicyclic amines) is 1. The molecule has 0 bridgehead atoms. The summed E-state index contributed by atoms with van der Waals surface area (Å²) in [5.74, 6) is -1.25. The first-order valence-corrected chi connectivity index (χ1v) is 13.7. The van der Waals surface area contributed by atoms with Gasteiger partial charge in [0.25, 0.3) is 0 Å². The highest BCUT2D eigenvalue weighted by Gasteiger charge is 2.32. The molecule has 0 aromatic heterocycles. The molecule has 4 nitrogen and oxygen atoms in total. The molecular formula is C33H31F4NO3. The topological polar surface area (TPSA) is 49.8 Å². The first-order valence-electron chi connectivity index (χ1n) is 13.7. The number of carbonyl (C=O) groups is 1. The van der Waals surface area contributed by atoms with E-state index in [0.29, 0.717) is 36.8 Å². The summed E-state index contributed by atoms with van der Waals surface area (Å²) in [6.45, 7) is 3.72. The number of aromatic carboxylic acids is 1. The van der Waals surface area contributed by atoms with Crippen molar-refractivity contribution in [2.45, 2.75) is 39.0 Å². The smallest absolute Gasteiger partial charge is 0.478 e. The number of nitrogens with zero attached hydrogens (tertiary/aromatic N) is 1. The lowest BCUT2D eigenvalue weighted by Gasteiger charge is -2.33. The van der Waals surface area contributed by atoms with Gasteiger partial charge in [-0.2, -0.15) is 0 Å². The predicted octanol–water partition coefficient (Wildman–Crippen LogP) is 7.95. The normalized spacial score (nSPS) is 15.7. The van der Waals surface area contributed by atoms with Crippen molar-refractivity contribution in [3.05, 3.63) is 105 Å². The molecule has 1 aliphatic heterocycles. The Bertz CT molecular complexity index is 1500. The van der Waals surface area contributed by atoms with Gasteiger partial charge in [-0.3, -0.25) is 9.29 Å². The fourth-order valence-electron chi connectivity index (χ4n) is 5.74. The van der Waals surface area contributed by atoms with E-state index < -0.39 is 12.3 Å². The van der Waals surface area contributed by atoms with Crippen LogP contribution in [-0.2, 0) is 6.42 Å². The van der Waals surface area contributed by atoms with Gasteiger partial charge in [-0.05, 0) is 101 Å². The van der Waals surface area contributed by atoms with Crippen LogP contribution in [0.25, 0.3) is 17.2 Å². The number of rotatable bonds is 8. The number of carboxylic acids is 1.